The first kappa shape index (κ1) is 24.8. The molecule has 0 amide bonds. The van der Waals surface area contributed by atoms with Gasteiger partial charge in [-0.15, -0.1) is 0 Å². The maximum absolute atomic E-state index is 5.11. The zero-order valence-corrected chi connectivity index (χ0v) is 23.9. The molecule has 2 N–H and O–H groups in total. The smallest absolute Gasteiger partial charge is 0.231 e. The summed E-state index contributed by atoms with van der Waals surface area (Å²) in [7, 11) is 0. The zero-order valence-electron chi connectivity index (χ0n) is 23.1. The van der Waals surface area contributed by atoms with Gasteiger partial charge in [0.15, 0.2) is 5.82 Å². The number of aromatic amines is 1. The van der Waals surface area contributed by atoms with Gasteiger partial charge in [0, 0.05) is 18.4 Å². The summed E-state index contributed by atoms with van der Waals surface area (Å²) in [5, 5.41) is 4.66. The zero-order chi connectivity index (χ0) is 26.5. The number of fused-ring (bicyclic) bond motifs is 1. The Hall–Kier alpha value is -3.23. The molecule has 5 heterocycles. The second-order valence-electron chi connectivity index (χ2n) is 11.1. The van der Waals surface area contributed by atoms with E-state index in [0.29, 0.717) is 11.9 Å². The Labute approximate surface area is 235 Å². The van der Waals surface area contributed by atoms with Gasteiger partial charge in [0.1, 0.15) is 5.65 Å². The van der Waals surface area contributed by atoms with Gasteiger partial charge in [0.25, 0.3) is 0 Å². The minimum atomic E-state index is 0.628. The summed E-state index contributed by atoms with van der Waals surface area (Å²) in [5.74, 6) is 2.19. The van der Waals surface area contributed by atoms with Crippen molar-refractivity contribution in [3.8, 4) is 0 Å². The molecule has 4 aromatic rings. The highest BCUT2D eigenvalue weighted by atomic mass is 32.2. The van der Waals surface area contributed by atoms with Gasteiger partial charge in [-0.2, -0.15) is 9.97 Å². The number of anilines is 5. The van der Waals surface area contributed by atoms with E-state index in [2.05, 4.69) is 81.0 Å². The standard InChI is InChI=1S/C31H37N7S/c1-4-14-36-15-10-22(11-16-36)25-19-21(5-2)26(18-20(25)3)33-31-34-29-24(9-13-32-29)30(35-31)38-27-8-6-7-23-12-17-37(39-38)28(23)27/h6-9,13,18-19,22H,4-5,10-12,14-17H2,1-3H3,(H2,32,33,34,35). The average Bonchev–Trinajstić information content (AvgIpc) is 3.68. The Morgan fingerprint density at radius 1 is 1.08 bits per heavy atom. The molecule has 3 aliphatic rings. The maximum Gasteiger partial charge on any atom is 0.231 e. The van der Waals surface area contributed by atoms with Crippen LogP contribution < -0.4 is 13.9 Å². The van der Waals surface area contributed by atoms with Gasteiger partial charge in [-0.1, -0.05) is 32.0 Å². The first-order valence-corrected chi connectivity index (χ1v) is 15.2. The fraction of sp³-hybridized carbons (Fsp3) is 0.419. The molecule has 2 aromatic carbocycles. The molecular weight excluding hydrogens is 502 g/mol. The summed E-state index contributed by atoms with van der Waals surface area (Å²) in [4.78, 5) is 15.9. The van der Waals surface area contributed by atoms with Crippen molar-refractivity contribution in [2.75, 3.05) is 40.1 Å². The van der Waals surface area contributed by atoms with Crippen molar-refractivity contribution in [3.05, 3.63) is 64.8 Å². The number of aromatic nitrogens is 3. The molecule has 3 aliphatic heterocycles. The third-order valence-electron chi connectivity index (χ3n) is 8.61. The largest absolute Gasteiger partial charge is 0.346 e. The van der Waals surface area contributed by atoms with E-state index >= 15 is 0 Å². The van der Waals surface area contributed by atoms with E-state index in [0.717, 1.165) is 41.9 Å². The van der Waals surface area contributed by atoms with Gasteiger partial charge in [-0.3, -0.25) is 4.31 Å². The molecule has 7 rings (SSSR count). The summed E-state index contributed by atoms with van der Waals surface area (Å²) in [5.41, 5.74) is 10.1. The number of hydrogen-bond donors (Lipinski definition) is 2. The molecule has 2 aromatic heterocycles. The second kappa shape index (κ2) is 10.1. The minimum Gasteiger partial charge on any atom is -0.346 e. The number of H-pyrrole nitrogens is 1. The Morgan fingerprint density at radius 3 is 2.77 bits per heavy atom. The van der Waals surface area contributed by atoms with Crippen molar-refractivity contribution < 1.29 is 0 Å². The number of aryl methyl sites for hydroxylation is 2. The Balaban J connectivity index is 1.20. The van der Waals surface area contributed by atoms with Crippen molar-refractivity contribution in [2.24, 2.45) is 0 Å². The van der Waals surface area contributed by atoms with Crippen LogP contribution in [0.3, 0.4) is 0 Å². The number of hydrogen-bond acceptors (Lipinski definition) is 7. The molecule has 0 bridgehead atoms. The predicted molar refractivity (Wildman–Crippen MR) is 164 cm³/mol. The van der Waals surface area contributed by atoms with Crippen LogP contribution in [0.1, 0.15) is 61.3 Å². The summed E-state index contributed by atoms with van der Waals surface area (Å²) in [6, 6.07) is 13.5. The van der Waals surface area contributed by atoms with Crippen LogP contribution >= 0.6 is 12.1 Å². The molecular formula is C31H37N7S. The van der Waals surface area contributed by atoms with Crippen LogP contribution in [0.25, 0.3) is 11.0 Å². The molecule has 0 spiro atoms. The number of para-hydroxylation sites is 1. The van der Waals surface area contributed by atoms with Crippen LogP contribution in [0.4, 0.5) is 28.8 Å². The molecule has 1 fully saturated rings. The number of benzene rings is 2. The lowest BCUT2D eigenvalue weighted by Gasteiger charge is -2.33. The van der Waals surface area contributed by atoms with E-state index < -0.39 is 0 Å². The third-order valence-corrected chi connectivity index (χ3v) is 9.70. The van der Waals surface area contributed by atoms with Crippen LogP contribution in [0.5, 0.6) is 0 Å². The second-order valence-corrected chi connectivity index (χ2v) is 12.1. The normalized spacial score (nSPS) is 17.4. The highest BCUT2D eigenvalue weighted by Crippen LogP contribution is 2.53. The molecule has 0 atom stereocenters. The van der Waals surface area contributed by atoms with Gasteiger partial charge in [-0.05, 0) is 105 Å². The molecule has 0 aliphatic carbocycles. The Kier molecular flexibility index (Phi) is 6.40. The number of nitrogens with one attached hydrogen (secondary N) is 2. The fourth-order valence-electron chi connectivity index (χ4n) is 6.60. The van der Waals surface area contributed by atoms with Crippen molar-refractivity contribution >= 4 is 52.0 Å². The van der Waals surface area contributed by atoms with E-state index in [-0.39, 0.29) is 0 Å². The lowest BCUT2D eigenvalue weighted by atomic mass is 9.85. The molecule has 8 heteroatoms. The minimum absolute atomic E-state index is 0.628. The van der Waals surface area contributed by atoms with Crippen LogP contribution in [0.15, 0.2) is 42.6 Å². The number of piperidine rings is 1. The van der Waals surface area contributed by atoms with E-state index in [1.807, 2.05) is 6.20 Å². The first-order chi connectivity index (χ1) is 19.1. The lowest BCUT2D eigenvalue weighted by Crippen LogP contribution is -2.33. The maximum atomic E-state index is 5.11. The van der Waals surface area contributed by atoms with E-state index in [9.17, 15) is 0 Å². The Morgan fingerprint density at radius 2 is 1.95 bits per heavy atom. The molecule has 0 saturated carbocycles. The summed E-state index contributed by atoms with van der Waals surface area (Å²) in [6.07, 6.45) is 7.77. The first-order valence-electron chi connectivity index (χ1n) is 14.5. The third kappa shape index (κ3) is 4.34. The van der Waals surface area contributed by atoms with Crippen molar-refractivity contribution in [3.63, 3.8) is 0 Å². The number of likely N-dealkylation sites (tertiary alicyclic amines) is 1. The topological polar surface area (TPSA) is 63.3 Å². The van der Waals surface area contributed by atoms with Gasteiger partial charge in [-0.25, -0.2) is 4.31 Å². The highest BCUT2D eigenvalue weighted by Gasteiger charge is 2.36. The SMILES string of the molecule is CCCN1CCC(c2cc(CC)c(Nc3nc(N4SN5CCc6cccc4c65)c4cc[nH]c4n3)cc2C)CC1. The van der Waals surface area contributed by atoms with Gasteiger partial charge in [0.05, 0.1) is 28.9 Å². The van der Waals surface area contributed by atoms with Crippen molar-refractivity contribution in [2.45, 2.75) is 58.8 Å². The van der Waals surface area contributed by atoms with Gasteiger partial charge >= 0.3 is 0 Å². The molecule has 202 valence electrons. The van der Waals surface area contributed by atoms with E-state index in [1.165, 1.54) is 72.5 Å². The predicted octanol–water partition coefficient (Wildman–Crippen LogP) is 7.24. The molecule has 7 nitrogen and oxygen atoms in total. The van der Waals surface area contributed by atoms with E-state index in [4.69, 9.17) is 9.97 Å². The molecule has 1 saturated heterocycles. The number of rotatable bonds is 7. The quantitative estimate of drug-likeness (QED) is 0.240. The van der Waals surface area contributed by atoms with Gasteiger partial charge < -0.3 is 15.2 Å². The van der Waals surface area contributed by atoms with Crippen LogP contribution in [-0.2, 0) is 12.8 Å². The lowest BCUT2D eigenvalue weighted by molar-refractivity contribution is 0.212. The Bertz CT molecular complexity index is 1520. The molecule has 0 unspecified atom stereocenters. The molecule has 0 radical (unpaired) electrons. The average molecular weight is 540 g/mol. The number of nitrogens with zero attached hydrogens (tertiary/aromatic N) is 5. The van der Waals surface area contributed by atoms with Gasteiger partial charge in [0.2, 0.25) is 5.95 Å². The van der Waals surface area contributed by atoms with Crippen LogP contribution in [0, 0.1) is 6.92 Å². The van der Waals surface area contributed by atoms with Crippen LogP contribution in [-0.4, -0.2) is 46.0 Å². The van der Waals surface area contributed by atoms with Crippen molar-refractivity contribution in [1.29, 1.82) is 0 Å². The summed E-state index contributed by atoms with van der Waals surface area (Å²) in [6.45, 7) is 11.5. The summed E-state index contributed by atoms with van der Waals surface area (Å²) >= 11 is 1.74. The monoisotopic (exact) mass is 539 g/mol. The molecule has 39 heavy (non-hydrogen) atoms. The summed E-state index contributed by atoms with van der Waals surface area (Å²) < 4.78 is 4.66. The van der Waals surface area contributed by atoms with Crippen LogP contribution in [0.2, 0.25) is 0 Å². The van der Waals surface area contributed by atoms with Crippen molar-refractivity contribution in [1.82, 2.24) is 19.9 Å². The fourth-order valence-corrected chi connectivity index (χ4v) is 7.72. The highest BCUT2D eigenvalue weighted by molar-refractivity contribution is 8.02. The van der Waals surface area contributed by atoms with E-state index in [1.54, 1.807) is 12.1 Å².